The van der Waals surface area contributed by atoms with Crippen molar-refractivity contribution in [3.05, 3.63) is 78.1 Å². The molecule has 0 aliphatic rings. The third kappa shape index (κ3) is 3.46. The Morgan fingerprint density at radius 3 is 2.88 bits per heavy atom. The van der Waals surface area contributed by atoms with E-state index in [2.05, 4.69) is 20.4 Å². The zero-order valence-corrected chi connectivity index (χ0v) is 13.8. The van der Waals surface area contributed by atoms with Gasteiger partial charge in [-0.1, -0.05) is 0 Å². The smallest absolute Gasteiger partial charge is 0.230 e. The molecule has 0 bridgehead atoms. The Kier molecular flexibility index (Phi) is 4.18. The fraction of sp³-hybridized carbons (Fsp3) is 0.105. The van der Waals surface area contributed by atoms with E-state index in [0.717, 1.165) is 16.5 Å². The number of carbonyl (C=O) groups excluding carboxylic acids is 1. The van der Waals surface area contributed by atoms with Gasteiger partial charge in [0.15, 0.2) is 5.82 Å². The first-order valence-corrected chi connectivity index (χ1v) is 8.15. The minimum absolute atomic E-state index is 0.176. The van der Waals surface area contributed by atoms with Crippen molar-refractivity contribution in [1.29, 1.82) is 0 Å². The highest BCUT2D eigenvalue weighted by molar-refractivity contribution is 5.95. The number of halogens is 1. The van der Waals surface area contributed by atoms with Crippen LogP contribution >= 0.6 is 0 Å². The van der Waals surface area contributed by atoms with Gasteiger partial charge in [0.05, 0.1) is 13.0 Å². The monoisotopic (exact) mass is 349 g/mol. The highest BCUT2D eigenvalue weighted by atomic mass is 19.1. The molecule has 0 saturated carbocycles. The minimum atomic E-state index is -0.310. The Bertz CT molecular complexity index is 1050. The standard InChI is InChI=1S/C19H16FN5O/c20-15-1-2-16-14(11-22-17(16)10-15)9-19(26)23-18-5-8-25(24-18)12-13-3-6-21-7-4-13/h1-8,10-11,22H,9,12H2,(H,23,24,26). The largest absolute Gasteiger partial charge is 0.361 e. The number of hydrogen-bond donors (Lipinski definition) is 2. The second kappa shape index (κ2) is 6.79. The third-order valence-corrected chi connectivity index (χ3v) is 4.08. The lowest BCUT2D eigenvalue weighted by atomic mass is 10.1. The number of anilines is 1. The molecule has 0 aliphatic heterocycles. The number of pyridine rings is 1. The van der Waals surface area contributed by atoms with Crippen LogP contribution < -0.4 is 5.32 Å². The van der Waals surface area contributed by atoms with Crippen LogP contribution in [0.2, 0.25) is 0 Å². The predicted octanol–water partition coefficient (Wildman–Crippen LogP) is 3.13. The summed E-state index contributed by atoms with van der Waals surface area (Å²) in [6.07, 6.45) is 7.18. The normalized spacial score (nSPS) is 11.0. The molecule has 0 fully saturated rings. The first kappa shape index (κ1) is 16.0. The Morgan fingerprint density at radius 2 is 2.04 bits per heavy atom. The summed E-state index contributed by atoms with van der Waals surface area (Å²) in [5.41, 5.74) is 2.56. The summed E-state index contributed by atoms with van der Waals surface area (Å²) in [7, 11) is 0. The zero-order chi connectivity index (χ0) is 17.9. The number of H-pyrrole nitrogens is 1. The molecule has 26 heavy (non-hydrogen) atoms. The van der Waals surface area contributed by atoms with Crippen molar-refractivity contribution in [1.82, 2.24) is 19.7 Å². The molecule has 6 nitrogen and oxygen atoms in total. The van der Waals surface area contributed by atoms with Crippen molar-refractivity contribution < 1.29 is 9.18 Å². The van der Waals surface area contributed by atoms with Gasteiger partial charge < -0.3 is 10.3 Å². The molecular weight excluding hydrogens is 333 g/mol. The SMILES string of the molecule is O=C(Cc1c[nH]c2cc(F)ccc12)Nc1ccn(Cc2ccncc2)n1. The quantitative estimate of drug-likeness (QED) is 0.581. The van der Waals surface area contributed by atoms with Crippen molar-refractivity contribution in [2.75, 3.05) is 5.32 Å². The number of nitrogens with one attached hydrogen (secondary N) is 2. The van der Waals surface area contributed by atoms with Crippen molar-refractivity contribution in [3.8, 4) is 0 Å². The summed E-state index contributed by atoms with van der Waals surface area (Å²) in [6, 6.07) is 10.1. The Labute approximate surface area is 148 Å². The highest BCUT2D eigenvalue weighted by Crippen LogP contribution is 2.20. The minimum Gasteiger partial charge on any atom is -0.361 e. The van der Waals surface area contributed by atoms with Gasteiger partial charge in [-0.3, -0.25) is 14.5 Å². The molecule has 3 heterocycles. The van der Waals surface area contributed by atoms with Crippen LogP contribution in [0.15, 0.2) is 61.2 Å². The molecule has 0 saturated heterocycles. The van der Waals surface area contributed by atoms with Crippen LogP contribution in [0.25, 0.3) is 10.9 Å². The molecule has 3 aromatic heterocycles. The molecule has 0 unspecified atom stereocenters. The highest BCUT2D eigenvalue weighted by Gasteiger charge is 2.11. The predicted molar refractivity (Wildman–Crippen MR) is 96.2 cm³/mol. The van der Waals surface area contributed by atoms with Gasteiger partial charge in [0, 0.05) is 41.8 Å². The second-order valence-corrected chi connectivity index (χ2v) is 5.98. The van der Waals surface area contributed by atoms with E-state index in [-0.39, 0.29) is 18.1 Å². The molecule has 1 aromatic carbocycles. The van der Waals surface area contributed by atoms with Gasteiger partial charge >= 0.3 is 0 Å². The van der Waals surface area contributed by atoms with Gasteiger partial charge in [-0.25, -0.2) is 4.39 Å². The molecule has 1 amide bonds. The van der Waals surface area contributed by atoms with Crippen molar-refractivity contribution in [2.45, 2.75) is 13.0 Å². The van der Waals surface area contributed by atoms with E-state index in [1.165, 1.54) is 12.1 Å². The lowest BCUT2D eigenvalue weighted by molar-refractivity contribution is -0.115. The summed E-state index contributed by atoms with van der Waals surface area (Å²) in [5, 5.41) is 7.98. The van der Waals surface area contributed by atoms with E-state index in [0.29, 0.717) is 17.9 Å². The zero-order valence-electron chi connectivity index (χ0n) is 13.8. The maximum absolute atomic E-state index is 13.2. The molecule has 130 valence electrons. The summed E-state index contributed by atoms with van der Waals surface area (Å²) in [6.45, 7) is 0.604. The fourth-order valence-electron chi connectivity index (χ4n) is 2.86. The Morgan fingerprint density at radius 1 is 1.19 bits per heavy atom. The number of aromatic amines is 1. The molecule has 4 aromatic rings. The number of hydrogen-bond acceptors (Lipinski definition) is 3. The topological polar surface area (TPSA) is 75.6 Å². The summed E-state index contributed by atoms with van der Waals surface area (Å²) in [4.78, 5) is 19.3. The molecule has 4 rings (SSSR count). The fourth-order valence-corrected chi connectivity index (χ4v) is 2.86. The summed E-state index contributed by atoms with van der Waals surface area (Å²) in [5.74, 6) is 0.00872. The van der Waals surface area contributed by atoms with Gasteiger partial charge in [0.1, 0.15) is 5.82 Å². The van der Waals surface area contributed by atoms with Crippen LogP contribution in [0.4, 0.5) is 10.2 Å². The van der Waals surface area contributed by atoms with Crippen LogP contribution in [0, 0.1) is 5.82 Å². The van der Waals surface area contributed by atoms with E-state index in [1.54, 1.807) is 35.4 Å². The molecular formula is C19H16FN5O. The van der Waals surface area contributed by atoms with E-state index < -0.39 is 0 Å². The third-order valence-electron chi connectivity index (χ3n) is 4.08. The molecule has 0 spiro atoms. The van der Waals surface area contributed by atoms with Gasteiger partial charge in [-0.05, 0) is 41.5 Å². The van der Waals surface area contributed by atoms with Gasteiger partial charge in [0.25, 0.3) is 0 Å². The van der Waals surface area contributed by atoms with Crippen molar-refractivity contribution in [2.24, 2.45) is 0 Å². The lowest BCUT2D eigenvalue weighted by Crippen LogP contribution is -2.15. The average molecular weight is 349 g/mol. The number of aromatic nitrogens is 4. The molecule has 2 N–H and O–H groups in total. The number of nitrogens with zero attached hydrogens (tertiary/aromatic N) is 3. The van der Waals surface area contributed by atoms with Crippen LogP contribution in [0.3, 0.4) is 0 Å². The Hall–Kier alpha value is -3.48. The molecule has 0 aliphatic carbocycles. The number of fused-ring (bicyclic) bond motifs is 1. The van der Waals surface area contributed by atoms with E-state index in [1.807, 2.05) is 18.3 Å². The number of amides is 1. The Balaban J connectivity index is 1.42. The maximum Gasteiger partial charge on any atom is 0.230 e. The molecule has 7 heteroatoms. The first-order chi connectivity index (χ1) is 12.7. The van der Waals surface area contributed by atoms with Crippen molar-refractivity contribution in [3.63, 3.8) is 0 Å². The average Bonchev–Trinajstić information content (AvgIpc) is 3.22. The molecule has 0 radical (unpaired) electrons. The van der Waals surface area contributed by atoms with E-state index >= 15 is 0 Å². The van der Waals surface area contributed by atoms with Crippen LogP contribution in [-0.2, 0) is 17.8 Å². The number of carbonyl (C=O) groups is 1. The van der Waals surface area contributed by atoms with Gasteiger partial charge in [0.2, 0.25) is 5.91 Å². The second-order valence-electron chi connectivity index (χ2n) is 5.98. The number of benzene rings is 1. The summed E-state index contributed by atoms with van der Waals surface area (Å²) >= 11 is 0. The van der Waals surface area contributed by atoms with Gasteiger partial charge in [-0.2, -0.15) is 5.10 Å². The maximum atomic E-state index is 13.2. The van der Waals surface area contributed by atoms with Crippen LogP contribution in [0.1, 0.15) is 11.1 Å². The summed E-state index contributed by atoms with van der Waals surface area (Å²) < 4.78 is 15.0. The van der Waals surface area contributed by atoms with E-state index in [4.69, 9.17) is 0 Å². The van der Waals surface area contributed by atoms with Crippen LogP contribution in [0.5, 0.6) is 0 Å². The van der Waals surface area contributed by atoms with Crippen molar-refractivity contribution >= 4 is 22.6 Å². The lowest BCUT2D eigenvalue weighted by Gasteiger charge is -2.03. The van der Waals surface area contributed by atoms with Gasteiger partial charge in [-0.15, -0.1) is 0 Å². The molecule has 0 atom stereocenters. The first-order valence-electron chi connectivity index (χ1n) is 8.15. The number of rotatable bonds is 5. The van der Waals surface area contributed by atoms with Crippen LogP contribution in [-0.4, -0.2) is 25.7 Å². The van der Waals surface area contributed by atoms with E-state index in [9.17, 15) is 9.18 Å².